The van der Waals surface area contributed by atoms with Crippen molar-refractivity contribution in [2.45, 2.75) is 24.8 Å². The first-order valence-corrected chi connectivity index (χ1v) is 4.87. The van der Waals surface area contributed by atoms with E-state index in [1.807, 2.05) is 0 Å². The molecule has 0 aliphatic heterocycles. The van der Waals surface area contributed by atoms with Crippen LogP contribution in [0.1, 0.15) is 24.8 Å². The van der Waals surface area contributed by atoms with Gasteiger partial charge in [-0.15, -0.1) is 0 Å². The number of nitro groups is 1. The van der Waals surface area contributed by atoms with Crippen molar-refractivity contribution < 1.29 is 13.7 Å². The topological polar surface area (TPSA) is 69.2 Å². The fourth-order valence-electron chi connectivity index (χ4n) is 1.88. The summed E-state index contributed by atoms with van der Waals surface area (Å²) < 4.78 is 26.9. The number of halogens is 2. The van der Waals surface area contributed by atoms with Crippen LogP contribution in [0.15, 0.2) is 12.1 Å². The van der Waals surface area contributed by atoms with Crippen LogP contribution < -0.4 is 5.73 Å². The maximum absolute atomic E-state index is 13.6. The number of nitro benzene ring substituents is 1. The maximum Gasteiger partial charge on any atom is 0.307 e. The summed E-state index contributed by atoms with van der Waals surface area (Å²) in [5.74, 6) is -1.85. The Labute approximate surface area is 90.2 Å². The largest absolute Gasteiger partial charge is 0.321 e. The van der Waals surface area contributed by atoms with E-state index in [1.165, 1.54) is 0 Å². The second-order valence-corrected chi connectivity index (χ2v) is 4.05. The second-order valence-electron chi connectivity index (χ2n) is 4.05. The Bertz CT molecular complexity index is 458. The molecule has 0 bridgehead atoms. The lowest BCUT2D eigenvalue weighted by Crippen LogP contribution is -2.44. The predicted molar refractivity (Wildman–Crippen MR) is 52.7 cm³/mol. The van der Waals surface area contributed by atoms with Crippen molar-refractivity contribution in [3.63, 3.8) is 0 Å². The SMILES string of the molecule is NC1(c2cc(F)c([N+](=O)[O-])cc2F)CCC1. The minimum Gasteiger partial charge on any atom is -0.321 e. The average molecular weight is 228 g/mol. The Kier molecular flexibility index (Phi) is 2.38. The van der Waals surface area contributed by atoms with Gasteiger partial charge in [0, 0.05) is 11.1 Å². The first-order valence-electron chi connectivity index (χ1n) is 4.87. The van der Waals surface area contributed by atoms with Crippen LogP contribution in [0.25, 0.3) is 0 Å². The first kappa shape index (κ1) is 10.9. The third-order valence-electron chi connectivity index (χ3n) is 3.02. The fourth-order valence-corrected chi connectivity index (χ4v) is 1.88. The molecule has 16 heavy (non-hydrogen) atoms. The van der Waals surface area contributed by atoms with Gasteiger partial charge in [-0.3, -0.25) is 10.1 Å². The Morgan fingerprint density at radius 3 is 2.38 bits per heavy atom. The standard InChI is InChI=1S/C10H10F2N2O2/c11-7-5-9(14(15)16)8(12)4-6(7)10(13)2-1-3-10/h4-5H,1-3,13H2. The molecule has 2 rings (SSSR count). The molecule has 1 aliphatic carbocycles. The van der Waals surface area contributed by atoms with E-state index in [0.29, 0.717) is 18.9 Å². The van der Waals surface area contributed by atoms with E-state index in [4.69, 9.17) is 5.73 Å². The van der Waals surface area contributed by atoms with E-state index < -0.39 is 27.8 Å². The first-order chi connectivity index (χ1) is 7.44. The molecule has 0 amide bonds. The van der Waals surface area contributed by atoms with Crippen LogP contribution >= 0.6 is 0 Å². The van der Waals surface area contributed by atoms with Gasteiger partial charge >= 0.3 is 5.69 Å². The van der Waals surface area contributed by atoms with Gasteiger partial charge in [0.25, 0.3) is 0 Å². The Hall–Kier alpha value is -1.56. The zero-order valence-electron chi connectivity index (χ0n) is 8.37. The summed E-state index contributed by atoms with van der Waals surface area (Å²) >= 11 is 0. The van der Waals surface area contributed by atoms with Crippen LogP contribution in [0, 0.1) is 21.7 Å². The van der Waals surface area contributed by atoms with E-state index in [9.17, 15) is 18.9 Å². The molecular formula is C10H10F2N2O2. The molecule has 4 nitrogen and oxygen atoms in total. The lowest BCUT2D eigenvalue weighted by Gasteiger charge is -2.38. The van der Waals surface area contributed by atoms with E-state index in [0.717, 1.165) is 12.5 Å². The molecule has 0 spiro atoms. The van der Waals surface area contributed by atoms with Gasteiger partial charge < -0.3 is 5.73 Å². The molecule has 1 fully saturated rings. The number of rotatable bonds is 2. The van der Waals surface area contributed by atoms with Gasteiger partial charge in [0.2, 0.25) is 5.82 Å². The smallest absolute Gasteiger partial charge is 0.307 e. The summed E-state index contributed by atoms with van der Waals surface area (Å²) in [5.41, 5.74) is 4.15. The monoisotopic (exact) mass is 228 g/mol. The molecule has 6 heteroatoms. The lowest BCUT2D eigenvalue weighted by molar-refractivity contribution is -0.387. The van der Waals surface area contributed by atoms with Gasteiger partial charge in [-0.05, 0) is 25.3 Å². The zero-order chi connectivity index (χ0) is 11.9. The molecule has 1 saturated carbocycles. The van der Waals surface area contributed by atoms with Crippen molar-refractivity contribution in [1.82, 2.24) is 0 Å². The van der Waals surface area contributed by atoms with E-state index in [-0.39, 0.29) is 5.56 Å². The summed E-state index contributed by atoms with van der Waals surface area (Å²) in [6, 6.07) is 1.43. The summed E-state index contributed by atoms with van der Waals surface area (Å²) in [6.45, 7) is 0. The molecule has 0 radical (unpaired) electrons. The maximum atomic E-state index is 13.6. The molecule has 1 aromatic carbocycles. The summed E-state index contributed by atoms with van der Waals surface area (Å²) in [6.07, 6.45) is 2.00. The average Bonchev–Trinajstić information content (AvgIpc) is 2.17. The van der Waals surface area contributed by atoms with Gasteiger partial charge in [-0.2, -0.15) is 4.39 Å². The van der Waals surface area contributed by atoms with Crippen LogP contribution in [0.5, 0.6) is 0 Å². The molecule has 1 aromatic rings. The summed E-state index contributed by atoms with van der Waals surface area (Å²) in [4.78, 5) is 9.43. The van der Waals surface area contributed by atoms with Crippen LogP contribution in [-0.2, 0) is 5.54 Å². The molecule has 86 valence electrons. The highest BCUT2D eigenvalue weighted by atomic mass is 19.1. The lowest BCUT2D eigenvalue weighted by atomic mass is 9.72. The number of nitrogens with zero attached hydrogens (tertiary/aromatic N) is 1. The van der Waals surface area contributed by atoms with Crippen LogP contribution in [0.4, 0.5) is 14.5 Å². The Morgan fingerprint density at radius 2 is 1.94 bits per heavy atom. The van der Waals surface area contributed by atoms with Crippen molar-refractivity contribution in [3.8, 4) is 0 Å². The van der Waals surface area contributed by atoms with Gasteiger partial charge in [-0.25, -0.2) is 4.39 Å². The predicted octanol–water partition coefficient (Wildman–Crippen LogP) is 2.21. The van der Waals surface area contributed by atoms with Crippen LogP contribution in [0.3, 0.4) is 0 Å². The highest BCUT2D eigenvalue weighted by Gasteiger charge is 2.38. The molecule has 0 heterocycles. The third kappa shape index (κ3) is 1.55. The van der Waals surface area contributed by atoms with Crippen molar-refractivity contribution in [1.29, 1.82) is 0 Å². The van der Waals surface area contributed by atoms with Crippen molar-refractivity contribution in [3.05, 3.63) is 39.4 Å². The van der Waals surface area contributed by atoms with Gasteiger partial charge in [0.05, 0.1) is 11.0 Å². The molecule has 1 aliphatic rings. The van der Waals surface area contributed by atoms with E-state index in [2.05, 4.69) is 0 Å². The van der Waals surface area contributed by atoms with Gasteiger partial charge in [0.15, 0.2) is 0 Å². The molecular weight excluding hydrogens is 218 g/mol. The molecule has 0 atom stereocenters. The Balaban J connectivity index is 2.49. The zero-order valence-corrected chi connectivity index (χ0v) is 8.37. The fraction of sp³-hybridized carbons (Fsp3) is 0.400. The summed E-state index contributed by atoms with van der Waals surface area (Å²) in [5, 5.41) is 10.4. The quantitative estimate of drug-likeness (QED) is 0.623. The number of benzene rings is 1. The Morgan fingerprint density at radius 1 is 1.31 bits per heavy atom. The van der Waals surface area contributed by atoms with Crippen molar-refractivity contribution in [2.75, 3.05) is 0 Å². The van der Waals surface area contributed by atoms with Crippen LogP contribution in [-0.4, -0.2) is 4.92 Å². The highest BCUT2D eigenvalue weighted by Crippen LogP contribution is 2.41. The van der Waals surface area contributed by atoms with Gasteiger partial charge in [0.1, 0.15) is 5.82 Å². The number of hydrogen-bond donors (Lipinski definition) is 1. The summed E-state index contributed by atoms with van der Waals surface area (Å²) in [7, 11) is 0. The molecule has 0 saturated heterocycles. The van der Waals surface area contributed by atoms with Crippen molar-refractivity contribution >= 4 is 5.69 Å². The minimum absolute atomic E-state index is 0.0295. The number of hydrogen-bond acceptors (Lipinski definition) is 3. The second kappa shape index (κ2) is 3.48. The molecule has 0 unspecified atom stereocenters. The van der Waals surface area contributed by atoms with Crippen LogP contribution in [0.2, 0.25) is 0 Å². The minimum atomic E-state index is -1.04. The van der Waals surface area contributed by atoms with E-state index >= 15 is 0 Å². The highest BCUT2D eigenvalue weighted by molar-refractivity contribution is 5.39. The third-order valence-corrected chi connectivity index (χ3v) is 3.02. The molecule has 0 aromatic heterocycles. The number of nitrogens with two attached hydrogens (primary N) is 1. The van der Waals surface area contributed by atoms with E-state index in [1.54, 1.807) is 0 Å². The molecule has 2 N–H and O–H groups in total. The van der Waals surface area contributed by atoms with Gasteiger partial charge in [-0.1, -0.05) is 0 Å². The normalized spacial score (nSPS) is 17.9. The van der Waals surface area contributed by atoms with Crippen molar-refractivity contribution in [2.24, 2.45) is 5.73 Å².